The van der Waals surface area contributed by atoms with E-state index in [0.29, 0.717) is 5.92 Å². The molecule has 6 rings (SSSR count). The van der Waals surface area contributed by atoms with Crippen LogP contribution in [0.5, 0.6) is 11.5 Å². The van der Waals surface area contributed by atoms with Crippen molar-refractivity contribution in [3.63, 3.8) is 0 Å². The van der Waals surface area contributed by atoms with Crippen molar-refractivity contribution in [1.82, 2.24) is 0 Å². The summed E-state index contributed by atoms with van der Waals surface area (Å²) in [6.45, 7) is 0. The zero-order valence-electron chi connectivity index (χ0n) is 22.1. The van der Waals surface area contributed by atoms with Crippen molar-refractivity contribution in [2.24, 2.45) is 5.92 Å². The van der Waals surface area contributed by atoms with E-state index in [0.717, 1.165) is 25.7 Å². The molecule has 0 bridgehead atoms. The summed E-state index contributed by atoms with van der Waals surface area (Å²) in [4.78, 5) is 0. The average molecular weight is 511 g/mol. The highest BCUT2D eigenvalue weighted by Gasteiger charge is 2.48. The zero-order chi connectivity index (χ0) is 26.7. The highest BCUT2D eigenvalue weighted by molar-refractivity contribution is 5.52. The van der Waals surface area contributed by atoms with Gasteiger partial charge in [0.15, 0.2) is 0 Å². The lowest BCUT2D eigenvalue weighted by atomic mass is 9.53. The molecular formula is C37H34O2. The molecule has 0 unspecified atom stereocenters. The largest absolute Gasteiger partial charge is 0.508 e. The molecular weight excluding hydrogens is 476 g/mol. The molecule has 2 heteroatoms. The molecule has 0 heterocycles. The minimum atomic E-state index is -0.278. The summed E-state index contributed by atoms with van der Waals surface area (Å²) in [6.07, 6.45) is 4.00. The molecule has 0 saturated heterocycles. The van der Waals surface area contributed by atoms with Gasteiger partial charge in [-0.1, -0.05) is 115 Å². The average Bonchev–Trinajstić information content (AvgIpc) is 3.00. The SMILES string of the molecule is Oc1ccc(C2(c3ccc(O)cc3)CCC(C(c3ccccc3)(c3ccccc3)c3ccccc3)CC2)cc1. The third-order valence-electron chi connectivity index (χ3n) is 8.98. The first-order valence-corrected chi connectivity index (χ1v) is 13.9. The van der Waals surface area contributed by atoms with Crippen LogP contribution in [-0.2, 0) is 10.8 Å². The molecule has 0 aliphatic heterocycles. The molecule has 0 aromatic heterocycles. The molecule has 5 aromatic rings. The van der Waals surface area contributed by atoms with Crippen LogP contribution in [0, 0.1) is 5.92 Å². The first-order chi connectivity index (χ1) is 19.1. The summed E-state index contributed by atoms with van der Waals surface area (Å²) >= 11 is 0. The molecule has 5 aromatic carbocycles. The maximum absolute atomic E-state index is 10.0. The van der Waals surface area contributed by atoms with Gasteiger partial charge in [0.25, 0.3) is 0 Å². The van der Waals surface area contributed by atoms with Gasteiger partial charge in [0.2, 0.25) is 0 Å². The Morgan fingerprint density at radius 1 is 0.462 bits per heavy atom. The summed E-state index contributed by atoms with van der Waals surface area (Å²) in [6, 6.07) is 48.5. The first-order valence-electron chi connectivity index (χ1n) is 13.9. The van der Waals surface area contributed by atoms with Crippen LogP contribution >= 0.6 is 0 Å². The smallest absolute Gasteiger partial charge is 0.115 e. The van der Waals surface area contributed by atoms with Crippen molar-refractivity contribution in [2.45, 2.75) is 36.5 Å². The van der Waals surface area contributed by atoms with E-state index >= 15 is 0 Å². The Morgan fingerprint density at radius 2 is 0.795 bits per heavy atom. The number of benzene rings is 5. The fourth-order valence-electron chi connectivity index (χ4n) is 7.16. The topological polar surface area (TPSA) is 40.5 Å². The van der Waals surface area contributed by atoms with Gasteiger partial charge in [0.05, 0.1) is 0 Å². The van der Waals surface area contributed by atoms with Crippen molar-refractivity contribution < 1.29 is 10.2 Å². The van der Waals surface area contributed by atoms with Crippen LogP contribution in [0.25, 0.3) is 0 Å². The third-order valence-corrected chi connectivity index (χ3v) is 8.98. The predicted molar refractivity (Wildman–Crippen MR) is 158 cm³/mol. The molecule has 0 amide bonds. The van der Waals surface area contributed by atoms with E-state index in [1.165, 1.54) is 27.8 Å². The Balaban J connectivity index is 1.49. The molecule has 0 atom stereocenters. The second kappa shape index (κ2) is 10.5. The number of aromatic hydroxyl groups is 2. The molecule has 1 fully saturated rings. The van der Waals surface area contributed by atoms with Crippen molar-refractivity contribution in [2.75, 3.05) is 0 Å². The Morgan fingerprint density at radius 3 is 1.13 bits per heavy atom. The number of phenolic OH excluding ortho intramolecular Hbond substituents is 2. The van der Waals surface area contributed by atoms with Crippen molar-refractivity contribution in [3.05, 3.63) is 167 Å². The van der Waals surface area contributed by atoms with Crippen molar-refractivity contribution >= 4 is 0 Å². The fourth-order valence-corrected chi connectivity index (χ4v) is 7.16. The summed E-state index contributed by atoms with van der Waals surface area (Å²) in [5.41, 5.74) is 5.95. The highest BCUT2D eigenvalue weighted by atomic mass is 16.3. The lowest BCUT2D eigenvalue weighted by molar-refractivity contribution is 0.212. The van der Waals surface area contributed by atoms with E-state index in [1.807, 2.05) is 0 Å². The van der Waals surface area contributed by atoms with Crippen LogP contribution < -0.4 is 0 Å². The molecule has 1 saturated carbocycles. The summed E-state index contributed by atoms with van der Waals surface area (Å²) in [5.74, 6) is 0.945. The molecule has 0 radical (unpaired) electrons. The van der Waals surface area contributed by atoms with Crippen LogP contribution in [0.1, 0.15) is 53.5 Å². The van der Waals surface area contributed by atoms with Gasteiger partial charge in [-0.3, -0.25) is 0 Å². The van der Waals surface area contributed by atoms with Crippen LogP contribution in [0.15, 0.2) is 140 Å². The maximum Gasteiger partial charge on any atom is 0.115 e. The molecule has 39 heavy (non-hydrogen) atoms. The molecule has 1 aliphatic rings. The number of hydrogen-bond donors (Lipinski definition) is 2. The maximum atomic E-state index is 10.0. The predicted octanol–water partition coefficient (Wildman–Crippen LogP) is 8.61. The second-order valence-corrected chi connectivity index (χ2v) is 10.9. The van der Waals surface area contributed by atoms with Gasteiger partial charge in [-0.15, -0.1) is 0 Å². The van der Waals surface area contributed by atoms with E-state index in [-0.39, 0.29) is 22.3 Å². The number of phenols is 2. The van der Waals surface area contributed by atoms with Gasteiger partial charge in [-0.05, 0) is 83.7 Å². The van der Waals surface area contributed by atoms with Crippen molar-refractivity contribution in [3.8, 4) is 11.5 Å². The van der Waals surface area contributed by atoms with Gasteiger partial charge >= 0.3 is 0 Å². The number of hydrogen-bond acceptors (Lipinski definition) is 2. The fraction of sp³-hybridized carbons (Fsp3) is 0.189. The normalized spacial score (nSPS) is 15.6. The van der Waals surface area contributed by atoms with E-state index in [9.17, 15) is 10.2 Å². The van der Waals surface area contributed by atoms with Crippen LogP contribution in [0.4, 0.5) is 0 Å². The molecule has 0 spiro atoms. The van der Waals surface area contributed by atoms with Crippen LogP contribution in [0.3, 0.4) is 0 Å². The van der Waals surface area contributed by atoms with E-state index in [1.54, 1.807) is 24.3 Å². The molecule has 194 valence electrons. The van der Waals surface area contributed by atoms with Gasteiger partial charge in [-0.25, -0.2) is 0 Å². The van der Waals surface area contributed by atoms with E-state index < -0.39 is 0 Å². The Labute approximate surface area is 231 Å². The van der Waals surface area contributed by atoms with Gasteiger partial charge in [0, 0.05) is 10.8 Å². The third kappa shape index (κ3) is 4.40. The van der Waals surface area contributed by atoms with E-state index in [4.69, 9.17) is 0 Å². The highest BCUT2D eigenvalue weighted by Crippen LogP contribution is 2.55. The van der Waals surface area contributed by atoms with Crippen LogP contribution in [-0.4, -0.2) is 10.2 Å². The number of rotatable bonds is 6. The molecule has 2 N–H and O–H groups in total. The monoisotopic (exact) mass is 510 g/mol. The van der Waals surface area contributed by atoms with Gasteiger partial charge < -0.3 is 10.2 Å². The molecule has 2 nitrogen and oxygen atoms in total. The van der Waals surface area contributed by atoms with E-state index in [2.05, 4.69) is 115 Å². The van der Waals surface area contributed by atoms with Crippen molar-refractivity contribution in [1.29, 1.82) is 0 Å². The lowest BCUT2D eigenvalue weighted by Gasteiger charge is -2.49. The Bertz CT molecular complexity index is 1340. The quantitative estimate of drug-likeness (QED) is 0.225. The first kappa shape index (κ1) is 25.0. The zero-order valence-corrected chi connectivity index (χ0v) is 22.1. The van der Waals surface area contributed by atoms with Gasteiger partial charge in [0.1, 0.15) is 11.5 Å². The minimum absolute atomic E-state index is 0.187. The summed E-state index contributed by atoms with van der Waals surface area (Å²) < 4.78 is 0. The Hall–Kier alpha value is -4.30. The minimum Gasteiger partial charge on any atom is -0.508 e. The Kier molecular flexibility index (Phi) is 6.70. The summed E-state index contributed by atoms with van der Waals surface area (Å²) in [5, 5.41) is 20.1. The van der Waals surface area contributed by atoms with Crippen LogP contribution in [0.2, 0.25) is 0 Å². The second-order valence-electron chi connectivity index (χ2n) is 10.9. The molecule has 1 aliphatic carbocycles. The van der Waals surface area contributed by atoms with Gasteiger partial charge in [-0.2, -0.15) is 0 Å². The standard InChI is InChI=1S/C37H34O2/c38-34-20-16-28(17-21-34)36(29-18-22-35(39)23-19-29)26-24-33(25-27-36)37(30-10-4-1-5-11-30,31-12-6-2-7-13-31)32-14-8-3-9-15-32/h1-23,33,38-39H,24-27H2. The summed E-state index contributed by atoms with van der Waals surface area (Å²) in [7, 11) is 0. The lowest BCUT2D eigenvalue weighted by Crippen LogP contribution is -2.43.